The zero-order chi connectivity index (χ0) is 10.7. The molecule has 5 heteroatoms. The first-order chi connectivity index (χ1) is 7.24. The summed E-state index contributed by atoms with van der Waals surface area (Å²) in [4.78, 5) is 15.6. The molecule has 0 saturated heterocycles. The van der Waals surface area contributed by atoms with Gasteiger partial charge in [-0.2, -0.15) is 0 Å². The van der Waals surface area contributed by atoms with Gasteiger partial charge in [-0.25, -0.2) is 9.78 Å². The normalized spacial score (nSPS) is 15.0. The monoisotopic (exact) mass is 225 g/mol. The van der Waals surface area contributed by atoms with Gasteiger partial charge >= 0.3 is 6.03 Å². The lowest BCUT2D eigenvalue weighted by molar-refractivity contribution is 0.240. The first kappa shape index (κ1) is 10.4. The van der Waals surface area contributed by atoms with Crippen molar-refractivity contribution >= 4 is 17.4 Å². The molecule has 0 unspecified atom stereocenters. The fourth-order valence-corrected chi connectivity index (χ4v) is 2.04. The van der Waals surface area contributed by atoms with Gasteiger partial charge in [0, 0.05) is 30.1 Å². The Bertz CT molecular complexity index is 346. The van der Waals surface area contributed by atoms with E-state index in [1.807, 2.05) is 12.3 Å². The largest absolute Gasteiger partial charge is 0.338 e. The lowest BCUT2D eigenvalue weighted by Gasteiger charge is -2.04. The number of amides is 2. The predicted octanol–water partition coefficient (Wildman–Crippen LogP) is 1.46. The summed E-state index contributed by atoms with van der Waals surface area (Å²) >= 11 is 1.64. The molecular weight excluding hydrogens is 210 g/mol. The lowest BCUT2D eigenvalue weighted by Crippen LogP contribution is -2.37. The van der Waals surface area contributed by atoms with Gasteiger partial charge in [-0.1, -0.05) is 0 Å². The minimum atomic E-state index is -0.0502. The molecule has 1 aliphatic carbocycles. The topological polar surface area (TPSA) is 54.0 Å². The minimum Gasteiger partial charge on any atom is -0.338 e. The highest BCUT2D eigenvalue weighted by Crippen LogP contribution is 2.18. The second kappa shape index (κ2) is 4.61. The Hall–Kier alpha value is -1.10. The lowest BCUT2D eigenvalue weighted by atomic mass is 10.4. The van der Waals surface area contributed by atoms with Crippen LogP contribution in [-0.2, 0) is 6.42 Å². The Labute approximate surface area is 93.1 Å². The summed E-state index contributed by atoms with van der Waals surface area (Å²) in [6, 6.07) is 0.373. The summed E-state index contributed by atoms with van der Waals surface area (Å²) in [5, 5.41) is 8.82. The summed E-state index contributed by atoms with van der Waals surface area (Å²) in [5.41, 5.74) is 1.05. The maximum atomic E-state index is 11.2. The van der Waals surface area contributed by atoms with Gasteiger partial charge in [-0.15, -0.1) is 11.3 Å². The van der Waals surface area contributed by atoms with Gasteiger partial charge in [-0.05, 0) is 19.8 Å². The van der Waals surface area contributed by atoms with E-state index in [9.17, 15) is 4.79 Å². The van der Waals surface area contributed by atoms with Crippen LogP contribution in [0.4, 0.5) is 4.79 Å². The number of aryl methyl sites for hydroxylation is 1. The van der Waals surface area contributed by atoms with Crippen LogP contribution in [-0.4, -0.2) is 23.6 Å². The summed E-state index contributed by atoms with van der Waals surface area (Å²) < 4.78 is 0. The maximum Gasteiger partial charge on any atom is 0.315 e. The van der Waals surface area contributed by atoms with Gasteiger partial charge in [0.25, 0.3) is 0 Å². The molecule has 2 N–H and O–H groups in total. The molecule has 0 spiro atoms. The molecule has 15 heavy (non-hydrogen) atoms. The first-order valence-corrected chi connectivity index (χ1v) is 6.07. The van der Waals surface area contributed by atoms with Crippen LogP contribution in [0.3, 0.4) is 0 Å². The van der Waals surface area contributed by atoms with Crippen LogP contribution in [0.2, 0.25) is 0 Å². The number of hydrogen-bond donors (Lipinski definition) is 2. The van der Waals surface area contributed by atoms with E-state index in [-0.39, 0.29) is 6.03 Å². The Morgan fingerprint density at radius 3 is 3.07 bits per heavy atom. The van der Waals surface area contributed by atoms with E-state index in [2.05, 4.69) is 15.6 Å². The van der Waals surface area contributed by atoms with Crippen molar-refractivity contribution in [1.82, 2.24) is 15.6 Å². The van der Waals surface area contributed by atoms with Crippen molar-refractivity contribution in [3.05, 3.63) is 16.1 Å². The second-order valence-electron chi connectivity index (χ2n) is 3.81. The van der Waals surface area contributed by atoms with E-state index in [0.29, 0.717) is 12.6 Å². The van der Waals surface area contributed by atoms with Gasteiger partial charge in [0.1, 0.15) is 0 Å². The van der Waals surface area contributed by atoms with E-state index in [0.717, 1.165) is 30.0 Å². The summed E-state index contributed by atoms with van der Waals surface area (Å²) in [5.74, 6) is 0. The fraction of sp³-hybridized carbons (Fsp3) is 0.600. The molecule has 2 amide bonds. The third kappa shape index (κ3) is 3.51. The molecular formula is C10H15N3OS. The van der Waals surface area contributed by atoms with Crippen LogP contribution in [0.1, 0.15) is 23.5 Å². The number of urea groups is 1. The van der Waals surface area contributed by atoms with E-state index in [1.165, 1.54) is 0 Å². The third-order valence-corrected chi connectivity index (χ3v) is 3.23. The quantitative estimate of drug-likeness (QED) is 0.815. The van der Waals surface area contributed by atoms with E-state index >= 15 is 0 Å². The standard InChI is InChI=1S/C10H15N3OS/c1-7-6-15-9(12-7)4-5-11-10(14)13-8-2-3-8/h6,8H,2-5H2,1H3,(H2,11,13,14). The molecule has 2 rings (SSSR count). The smallest absolute Gasteiger partial charge is 0.315 e. The highest BCUT2D eigenvalue weighted by atomic mass is 32.1. The van der Waals surface area contributed by atoms with Crippen molar-refractivity contribution in [2.75, 3.05) is 6.54 Å². The molecule has 0 radical (unpaired) electrons. The second-order valence-corrected chi connectivity index (χ2v) is 4.75. The Kier molecular flexibility index (Phi) is 3.20. The molecule has 0 atom stereocenters. The molecule has 1 heterocycles. The Morgan fingerprint density at radius 1 is 1.67 bits per heavy atom. The van der Waals surface area contributed by atoms with Crippen LogP contribution >= 0.6 is 11.3 Å². The zero-order valence-corrected chi connectivity index (χ0v) is 9.56. The minimum absolute atomic E-state index is 0.0502. The summed E-state index contributed by atoms with van der Waals surface area (Å²) in [6.07, 6.45) is 3.06. The molecule has 82 valence electrons. The van der Waals surface area contributed by atoms with E-state index in [1.54, 1.807) is 11.3 Å². The molecule has 0 aliphatic heterocycles. The molecule has 1 saturated carbocycles. The first-order valence-electron chi connectivity index (χ1n) is 5.19. The Morgan fingerprint density at radius 2 is 2.47 bits per heavy atom. The maximum absolute atomic E-state index is 11.2. The molecule has 1 aromatic rings. The number of hydrogen-bond acceptors (Lipinski definition) is 3. The van der Waals surface area contributed by atoms with Gasteiger partial charge in [0.2, 0.25) is 0 Å². The number of carbonyl (C=O) groups is 1. The number of thiazole rings is 1. The third-order valence-electron chi connectivity index (χ3n) is 2.20. The van der Waals surface area contributed by atoms with Gasteiger partial charge in [0.15, 0.2) is 0 Å². The number of nitrogens with one attached hydrogen (secondary N) is 2. The van der Waals surface area contributed by atoms with Crippen molar-refractivity contribution < 1.29 is 4.79 Å². The molecule has 0 aromatic carbocycles. The van der Waals surface area contributed by atoms with Crippen LogP contribution in [0.25, 0.3) is 0 Å². The van der Waals surface area contributed by atoms with Crippen molar-refractivity contribution in [3.8, 4) is 0 Å². The number of aromatic nitrogens is 1. The average Bonchev–Trinajstić information content (AvgIpc) is 2.89. The van der Waals surface area contributed by atoms with Gasteiger partial charge in [-0.3, -0.25) is 0 Å². The number of nitrogens with zero attached hydrogens (tertiary/aromatic N) is 1. The SMILES string of the molecule is Cc1csc(CCNC(=O)NC2CC2)n1. The predicted molar refractivity (Wildman–Crippen MR) is 60.1 cm³/mol. The molecule has 0 bridgehead atoms. The summed E-state index contributed by atoms with van der Waals surface area (Å²) in [7, 11) is 0. The molecule has 1 aromatic heterocycles. The highest BCUT2D eigenvalue weighted by molar-refractivity contribution is 7.09. The van der Waals surface area contributed by atoms with Crippen molar-refractivity contribution in [1.29, 1.82) is 0 Å². The van der Waals surface area contributed by atoms with Crippen molar-refractivity contribution in [2.45, 2.75) is 32.2 Å². The van der Waals surface area contributed by atoms with E-state index in [4.69, 9.17) is 0 Å². The van der Waals surface area contributed by atoms with Crippen molar-refractivity contribution in [2.24, 2.45) is 0 Å². The zero-order valence-electron chi connectivity index (χ0n) is 8.75. The van der Waals surface area contributed by atoms with Crippen LogP contribution in [0, 0.1) is 6.92 Å². The highest BCUT2D eigenvalue weighted by Gasteiger charge is 2.22. The van der Waals surface area contributed by atoms with Crippen LogP contribution < -0.4 is 10.6 Å². The fourth-order valence-electron chi connectivity index (χ4n) is 1.26. The summed E-state index contributed by atoms with van der Waals surface area (Å²) in [6.45, 7) is 2.64. The van der Waals surface area contributed by atoms with Gasteiger partial charge in [0.05, 0.1) is 5.01 Å². The number of rotatable bonds is 4. The average molecular weight is 225 g/mol. The molecule has 1 aliphatic rings. The van der Waals surface area contributed by atoms with Crippen LogP contribution in [0.5, 0.6) is 0 Å². The van der Waals surface area contributed by atoms with Gasteiger partial charge < -0.3 is 10.6 Å². The molecule has 1 fully saturated rings. The Balaban J connectivity index is 1.63. The van der Waals surface area contributed by atoms with Crippen molar-refractivity contribution in [3.63, 3.8) is 0 Å². The molecule has 4 nitrogen and oxygen atoms in total. The van der Waals surface area contributed by atoms with Crippen LogP contribution in [0.15, 0.2) is 5.38 Å². The van der Waals surface area contributed by atoms with E-state index < -0.39 is 0 Å². The number of carbonyl (C=O) groups excluding carboxylic acids is 1.